The number of fused-ring (bicyclic) bond motifs is 1. The number of carbonyl (C=O) groups is 1. The number of ether oxygens (including phenoxy) is 1. The van der Waals surface area contributed by atoms with Crippen LogP contribution in [0.3, 0.4) is 0 Å². The number of aromatic hydroxyl groups is 1. The summed E-state index contributed by atoms with van der Waals surface area (Å²) in [6.07, 6.45) is 0. The molecule has 0 bridgehead atoms. The second kappa shape index (κ2) is 7.40. The fourth-order valence-corrected chi connectivity index (χ4v) is 4.87. The molecule has 9 heteroatoms. The summed E-state index contributed by atoms with van der Waals surface area (Å²) < 4.78 is 7.10. The van der Waals surface area contributed by atoms with Gasteiger partial charge in [0.2, 0.25) is 16.7 Å². The summed E-state index contributed by atoms with van der Waals surface area (Å²) in [6, 6.07) is 7.63. The smallest absolute Gasteiger partial charge is 0.230 e. The number of hydrogen-bond acceptors (Lipinski definition) is 7. The topological polar surface area (TPSA) is 83.2 Å². The van der Waals surface area contributed by atoms with Gasteiger partial charge in [-0.25, -0.2) is 4.98 Å². The summed E-state index contributed by atoms with van der Waals surface area (Å²) in [5.74, 6) is 1.57. The second-order valence-corrected chi connectivity index (χ2v) is 7.84. The van der Waals surface area contributed by atoms with Crippen LogP contribution in [0.4, 0.5) is 0 Å². The van der Waals surface area contributed by atoms with Crippen LogP contribution < -0.4 is 4.74 Å². The Kier molecular flexibility index (Phi) is 4.94. The third kappa shape index (κ3) is 3.20. The van der Waals surface area contributed by atoms with Crippen LogP contribution in [0, 0.1) is 6.92 Å². The number of piperazine rings is 1. The predicted octanol–water partition coefficient (Wildman–Crippen LogP) is 2.07. The first-order valence-corrected chi connectivity index (χ1v) is 9.98. The highest BCUT2D eigenvalue weighted by atomic mass is 32.1. The minimum absolute atomic E-state index is 0.0885. The molecule has 1 aromatic carbocycles. The van der Waals surface area contributed by atoms with E-state index in [1.165, 1.54) is 15.9 Å². The molecule has 148 valence electrons. The van der Waals surface area contributed by atoms with Crippen molar-refractivity contribution in [2.24, 2.45) is 0 Å². The van der Waals surface area contributed by atoms with Gasteiger partial charge in [-0.3, -0.25) is 9.69 Å². The van der Waals surface area contributed by atoms with Gasteiger partial charge >= 0.3 is 0 Å². The quantitative estimate of drug-likeness (QED) is 0.721. The molecule has 1 aliphatic rings. The van der Waals surface area contributed by atoms with Crippen molar-refractivity contribution in [2.45, 2.75) is 19.9 Å². The maximum absolute atomic E-state index is 11.7. The van der Waals surface area contributed by atoms with E-state index in [-0.39, 0.29) is 17.8 Å². The van der Waals surface area contributed by atoms with E-state index >= 15 is 0 Å². The standard InChI is InChI=1S/C19H23N5O3S/c1-12-20-19-24(21-12)18(26)17(28-19)16(14-6-4-5-7-15(14)27-3)23-10-8-22(9-11-23)13(2)25/h4-7,16,26H,8-11H2,1-3H3/t16-/m0/s1. The number of para-hydroxylation sites is 1. The number of benzene rings is 1. The number of thiazole rings is 1. The molecule has 3 heterocycles. The fraction of sp³-hybridized carbons (Fsp3) is 0.421. The number of amides is 1. The zero-order valence-electron chi connectivity index (χ0n) is 16.1. The minimum Gasteiger partial charge on any atom is -0.496 e. The largest absolute Gasteiger partial charge is 0.496 e. The summed E-state index contributed by atoms with van der Waals surface area (Å²) in [5, 5.41) is 15.2. The van der Waals surface area contributed by atoms with Gasteiger partial charge in [-0.1, -0.05) is 29.5 Å². The Bertz CT molecular complexity index is 1010. The summed E-state index contributed by atoms with van der Waals surface area (Å²) >= 11 is 1.43. The first-order valence-electron chi connectivity index (χ1n) is 9.17. The summed E-state index contributed by atoms with van der Waals surface area (Å²) in [4.78, 5) is 21.7. The zero-order valence-corrected chi connectivity index (χ0v) is 16.9. The fourth-order valence-electron chi connectivity index (χ4n) is 3.72. The lowest BCUT2D eigenvalue weighted by molar-refractivity contribution is -0.130. The second-order valence-electron chi connectivity index (χ2n) is 6.83. The van der Waals surface area contributed by atoms with Crippen LogP contribution in [-0.2, 0) is 4.79 Å². The van der Waals surface area contributed by atoms with Gasteiger partial charge in [-0.2, -0.15) is 4.52 Å². The first-order chi connectivity index (χ1) is 13.5. The van der Waals surface area contributed by atoms with E-state index in [2.05, 4.69) is 15.0 Å². The van der Waals surface area contributed by atoms with E-state index in [1.807, 2.05) is 29.2 Å². The molecule has 4 rings (SSSR count). The molecular formula is C19H23N5O3S. The molecule has 1 atom stereocenters. The van der Waals surface area contributed by atoms with Crippen LogP contribution >= 0.6 is 11.3 Å². The van der Waals surface area contributed by atoms with Crippen LogP contribution in [0.5, 0.6) is 11.6 Å². The maximum atomic E-state index is 11.7. The number of methoxy groups -OCH3 is 1. The highest BCUT2D eigenvalue weighted by molar-refractivity contribution is 7.17. The molecule has 0 saturated carbocycles. The number of nitrogens with zero attached hydrogens (tertiary/aromatic N) is 5. The molecule has 0 unspecified atom stereocenters. The minimum atomic E-state index is -0.209. The zero-order chi connectivity index (χ0) is 19.8. The normalized spacial score (nSPS) is 16.5. The van der Waals surface area contributed by atoms with Crippen molar-refractivity contribution in [3.63, 3.8) is 0 Å². The van der Waals surface area contributed by atoms with Crippen LogP contribution in [0.2, 0.25) is 0 Å². The first kappa shape index (κ1) is 18.7. The molecule has 2 aromatic heterocycles. The van der Waals surface area contributed by atoms with E-state index in [9.17, 15) is 9.90 Å². The summed E-state index contributed by atoms with van der Waals surface area (Å²) in [6.45, 7) is 6.12. The lowest BCUT2D eigenvalue weighted by Crippen LogP contribution is -2.49. The average Bonchev–Trinajstić information content (AvgIpc) is 3.20. The van der Waals surface area contributed by atoms with Crippen LogP contribution in [-0.4, -0.2) is 68.7 Å². The van der Waals surface area contributed by atoms with Crippen molar-refractivity contribution in [1.82, 2.24) is 24.4 Å². The van der Waals surface area contributed by atoms with E-state index in [0.29, 0.717) is 37.0 Å². The Labute approximate surface area is 167 Å². The Balaban J connectivity index is 1.78. The molecule has 0 radical (unpaired) electrons. The molecule has 3 aromatic rings. The number of aryl methyl sites for hydroxylation is 1. The molecule has 1 saturated heterocycles. The van der Waals surface area contributed by atoms with Gasteiger partial charge in [0.25, 0.3) is 0 Å². The third-order valence-electron chi connectivity index (χ3n) is 5.11. The molecule has 28 heavy (non-hydrogen) atoms. The van der Waals surface area contributed by atoms with Gasteiger partial charge in [0.1, 0.15) is 11.6 Å². The number of aromatic nitrogens is 3. The Morgan fingerprint density at radius 2 is 1.96 bits per heavy atom. The van der Waals surface area contributed by atoms with Gasteiger partial charge in [0.15, 0.2) is 0 Å². The van der Waals surface area contributed by atoms with E-state index in [4.69, 9.17) is 4.74 Å². The lowest BCUT2D eigenvalue weighted by Gasteiger charge is -2.39. The van der Waals surface area contributed by atoms with Crippen LogP contribution in [0.15, 0.2) is 24.3 Å². The Morgan fingerprint density at radius 1 is 1.25 bits per heavy atom. The van der Waals surface area contributed by atoms with E-state index in [1.54, 1.807) is 21.0 Å². The van der Waals surface area contributed by atoms with Crippen molar-refractivity contribution < 1.29 is 14.6 Å². The molecule has 1 aliphatic heterocycles. The molecule has 0 spiro atoms. The van der Waals surface area contributed by atoms with Gasteiger partial charge in [0.05, 0.1) is 18.0 Å². The average molecular weight is 401 g/mol. The van der Waals surface area contributed by atoms with Crippen molar-refractivity contribution >= 4 is 22.2 Å². The van der Waals surface area contributed by atoms with Crippen LogP contribution in [0.1, 0.15) is 29.2 Å². The van der Waals surface area contributed by atoms with E-state index in [0.717, 1.165) is 16.2 Å². The predicted molar refractivity (Wildman–Crippen MR) is 106 cm³/mol. The molecule has 0 aliphatic carbocycles. The van der Waals surface area contributed by atoms with Crippen molar-refractivity contribution in [2.75, 3.05) is 33.3 Å². The van der Waals surface area contributed by atoms with Crippen molar-refractivity contribution in [3.05, 3.63) is 40.5 Å². The van der Waals surface area contributed by atoms with Gasteiger partial charge in [-0.15, -0.1) is 5.10 Å². The third-order valence-corrected chi connectivity index (χ3v) is 6.18. The lowest BCUT2D eigenvalue weighted by atomic mass is 10.0. The maximum Gasteiger partial charge on any atom is 0.230 e. The highest BCUT2D eigenvalue weighted by Gasteiger charge is 2.33. The van der Waals surface area contributed by atoms with Gasteiger partial charge < -0.3 is 14.7 Å². The van der Waals surface area contributed by atoms with Crippen molar-refractivity contribution in [1.29, 1.82) is 0 Å². The Hall–Kier alpha value is -2.65. The number of hydrogen-bond donors (Lipinski definition) is 1. The molecular weight excluding hydrogens is 378 g/mol. The monoisotopic (exact) mass is 401 g/mol. The van der Waals surface area contributed by atoms with Crippen LogP contribution in [0.25, 0.3) is 4.96 Å². The molecule has 1 fully saturated rings. The van der Waals surface area contributed by atoms with E-state index < -0.39 is 0 Å². The van der Waals surface area contributed by atoms with Gasteiger partial charge in [0, 0.05) is 38.7 Å². The Morgan fingerprint density at radius 3 is 2.61 bits per heavy atom. The van der Waals surface area contributed by atoms with Crippen molar-refractivity contribution in [3.8, 4) is 11.6 Å². The molecule has 1 N–H and O–H groups in total. The number of rotatable bonds is 4. The number of carbonyl (C=O) groups excluding carboxylic acids is 1. The molecule has 8 nitrogen and oxygen atoms in total. The summed E-state index contributed by atoms with van der Waals surface area (Å²) in [7, 11) is 1.65. The summed E-state index contributed by atoms with van der Waals surface area (Å²) in [5.41, 5.74) is 0.970. The van der Waals surface area contributed by atoms with Gasteiger partial charge in [-0.05, 0) is 13.0 Å². The molecule has 1 amide bonds. The SMILES string of the molecule is COc1ccccc1[C@@H](c1sc2nc(C)nn2c1O)N1CCN(C(C)=O)CC1. The highest BCUT2D eigenvalue weighted by Crippen LogP contribution is 2.42.